The smallest absolute Gasteiger partial charge is 0.251 e. The fourth-order valence-electron chi connectivity index (χ4n) is 1.16. The normalized spacial score (nSPS) is 9.86. The maximum atomic E-state index is 11.5. The second kappa shape index (κ2) is 5.19. The van der Waals surface area contributed by atoms with E-state index in [0.29, 0.717) is 12.1 Å². The van der Waals surface area contributed by atoms with E-state index in [1.165, 1.54) is 6.07 Å². The Hall–Kier alpha value is -0.780. The molecule has 3 nitrogen and oxygen atoms in total. The maximum Gasteiger partial charge on any atom is 0.251 e. The van der Waals surface area contributed by atoms with E-state index in [4.69, 9.17) is 5.11 Å². The van der Waals surface area contributed by atoms with Crippen molar-refractivity contribution in [2.75, 3.05) is 11.0 Å². The van der Waals surface area contributed by atoms with Crippen LogP contribution < -0.4 is 5.32 Å². The number of hydrogen-bond acceptors (Lipinski definition) is 2. The summed E-state index contributed by atoms with van der Waals surface area (Å²) in [6.07, 6.45) is 0. The summed E-state index contributed by atoms with van der Waals surface area (Å²) in [5, 5.41) is 11.9. The molecule has 0 aliphatic rings. The van der Waals surface area contributed by atoms with E-state index in [1.54, 1.807) is 19.1 Å². The fraction of sp³-hybridized carbons (Fsp3) is 0.300. The molecule has 14 heavy (non-hydrogen) atoms. The highest BCUT2D eigenvalue weighted by Gasteiger charge is 2.07. The molecule has 0 aliphatic carbocycles. The summed E-state index contributed by atoms with van der Waals surface area (Å²) in [5.41, 5.74) is 1.41. The van der Waals surface area contributed by atoms with Gasteiger partial charge in [0.1, 0.15) is 5.75 Å². The van der Waals surface area contributed by atoms with Gasteiger partial charge >= 0.3 is 0 Å². The van der Waals surface area contributed by atoms with Crippen LogP contribution in [0.15, 0.2) is 18.2 Å². The minimum atomic E-state index is -0.0841. The highest BCUT2D eigenvalue weighted by molar-refractivity contribution is 14.1. The molecule has 0 radical (unpaired) electrons. The molecule has 0 spiro atoms. The summed E-state index contributed by atoms with van der Waals surface area (Å²) >= 11 is 2.20. The Balaban J connectivity index is 2.80. The van der Waals surface area contributed by atoms with Gasteiger partial charge in [-0.3, -0.25) is 4.79 Å². The molecule has 0 fully saturated rings. The number of aromatic hydroxyl groups is 1. The average Bonchev–Trinajstić information content (AvgIpc) is 2.14. The van der Waals surface area contributed by atoms with Crippen LogP contribution in [-0.4, -0.2) is 22.0 Å². The molecule has 1 aromatic carbocycles. The Morgan fingerprint density at radius 2 is 2.29 bits per heavy atom. The SMILES string of the molecule is Cc1cc(O)ccc1C(=O)NCCI. The molecule has 1 rings (SSSR count). The molecule has 0 aromatic heterocycles. The lowest BCUT2D eigenvalue weighted by molar-refractivity contribution is 0.0956. The number of carbonyl (C=O) groups is 1. The van der Waals surface area contributed by atoms with Crippen molar-refractivity contribution in [1.29, 1.82) is 0 Å². The van der Waals surface area contributed by atoms with Crippen molar-refractivity contribution in [2.24, 2.45) is 0 Å². The molecule has 4 heteroatoms. The number of benzene rings is 1. The average molecular weight is 305 g/mol. The number of halogens is 1. The lowest BCUT2D eigenvalue weighted by atomic mass is 10.1. The lowest BCUT2D eigenvalue weighted by Gasteiger charge is -2.06. The molecule has 0 aliphatic heterocycles. The number of aryl methyl sites for hydroxylation is 1. The van der Waals surface area contributed by atoms with Gasteiger partial charge in [0.2, 0.25) is 0 Å². The van der Waals surface area contributed by atoms with Crippen LogP contribution in [0.25, 0.3) is 0 Å². The van der Waals surface area contributed by atoms with Gasteiger partial charge < -0.3 is 10.4 Å². The van der Waals surface area contributed by atoms with Gasteiger partial charge in [0.15, 0.2) is 0 Å². The lowest BCUT2D eigenvalue weighted by Crippen LogP contribution is -2.25. The zero-order valence-electron chi connectivity index (χ0n) is 7.88. The van der Waals surface area contributed by atoms with Crippen molar-refractivity contribution in [3.05, 3.63) is 29.3 Å². The number of carbonyl (C=O) groups excluding carboxylic acids is 1. The number of alkyl halides is 1. The molecule has 0 saturated heterocycles. The van der Waals surface area contributed by atoms with Crippen molar-refractivity contribution in [3.63, 3.8) is 0 Å². The summed E-state index contributed by atoms with van der Waals surface area (Å²) in [6, 6.07) is 4.73. The van der Waals surface area contributed by atoms with Gasteiger partial charge in [0.25, 0.3) is 5.91 Å². The summed E-state index contributed by atoms with van der Waals surface area (Å²) < 4.78 is 0.890. The van der Waals surface area contributed by atoms with E-state index in [9.17, 15) is 4.79 Å². The van der Waals surface area contributed by atoms with Crippen LogP contribution in [0.2, 0.25) is 0 Å². The van der Waals surface area contributed by atoms with Crippen molar-refractivity contribution in [3.8, 4) is 5.75 Å². The Morgan fingerprint density at radius 3 is 2.86 bits per heavy atom. The fourth-order valence-corrected chi connectivity index (χ4v) is 1.43. The third-order valence-corrected chi connectivity index (χ3v) is 2.37. The molecule has 2 N–H and O–H groups in total. The van der Waals surface area contributed by atoms with Crippen LogP contribution in [0.4, 0.5) is 0 Å². The molecular weight excluding hydrogens is 293 g/mol. The van der Waals surface area contributed by atoms with Crippen molar-refractivity contribution >= 4 is 28.5 Å². The van der Waals surface area contributed by atoms with Gasteiger partial charge in [-0.2, -0.15) is 0 Å². The molecule has 76 valence electrons. The second-order valence-electron chi connectivity index (χ2n) is 2.94. The van der Waals surface area contributed by atoms with Gasteiger partial charge in [-0.25, -0.2) is 0 Å². The van der Waals surface area contributed by atoms with Gasteiger partial charge in [-0.1, -0.05) is 22.6 Å². The van der Waals surface area contributed by atoms with Crippen LogP contribution in [0.1, 0.15) is 15.9 Å². The van der Waals surface area contributed by atoms with Crippen LogP contribution in [-0.2, 0) is 0 Å². The van der Waals surface area contributed by atoms with Gasteiger partial charge in [-0.15, -0.1) is 0 Å². The molecule has 0 bridgehead atoms. The predicted octanol–water partition coefficient (Wildman–Crippen LogP) is 1.87. The third kappa shape index (κ3) is 2.87. The Bertz CT molecular complexity index is 339. The molecule has 0 heterocycles. The number of rotatable bonds is 3. The van der Waals surface area contributed by atoms with E-state index in [-0.39, 0.29) is 11.7 Å². The van der Waals surface area contributed by atoms with E-state index >= 15 is 0 Å². The summed E-state index contributed by atoms with van der Waals surface area (Å²) in [4.78, 5) is 11.5. The largest absolute Gasteiger partial charge is 0.508 e. The van der Waals surface area contributed by atoms with Gasteiger partial charge in [-0.05, 0) is 30.7 Å². The molecular formula is C10H12INO2. The van der Waals surface area contributed by atoms with E-state index in [2.05, 4.69) is 27.9 Å². The molecule has 1 aromatic rings. The van der Waals surface area contributed by atoms with Gasteiger partial charge in [0.05, 0.1) is 0 Å². The van der Waals surface area contributed by atoms with E-state index < -0.39 is 0 Å². The molecule has 0 saturated carbocycles. The number of phenols is 1. The highest BCUT2D eigenvalue weighted by Crippen LogP contribution is 2.15. The standard InChI is InChI=1S/C10H12INO2/c1-7-6-8(13)2-3-9(7)10(14)12-5-4-11/h2-3,6,13H,4-5H2,1H3,(H,12,14). The predicted molar refractivity (Wildman–Crippen MR) is 64.1 cm³/mol. The monoisotopic (exact) mass is 305 g/mol. The zero-order valence-corrected chi connectivity index (χ0v) is 10.0. The quantitative estimate of drug-likeness (QED) is 0.661. The highest BCUT2D eigenvalue weighted by atomic mass is 127. The van der Waals surface area contributed by atoms with Crippen LogP contribution in [0.5, 0.6) is 5.75 Å². The maximum absolute atomic E-state index is 11.5. The minimum Gasteiger partial charge on any atom is -0.508 e. The summed E-state index contributed by atoms with van der Waals surface area (Å²) in [5.74, 6) is 0.104. The summed E-state index contributed by atoms with van der Waals surface area (Å²) in [6.45, 7) is 2.47. The minimum absolute atomic E-state index is 0.0841. The Labute approximate surface area is 96.7 Å². The summed E-state index contributed by atoms with van der Waals surface area (Å²) in [7, 11) is 0. The number of nitrogens with one attached hydrogen (secondary N) is 1. The number of amides is 1. The van der Waals surface area contributed by atoms with Gasteiger partial charge in [0, 0.05) is 16.5 Å². The topological polar surface area (TPSA) is 49.3 Å². The van der Waals surface area contributed by atoms with Crippen molar-refractivity contribution in [1.82, 2.24) is 5.32 Å². The van der Waals surface area contributed by atoms with Crippen LogP contribution in [0, 0.1) is 6.92 Å². The first kappa shape index (κ1) is 11.3. The number of phenolic OH excluding ortho intramolecular Hbond substituents is 1. The number of hydrogen-bond donors (Lipinski definition) is 2. The second-order valence-corrected chi connectivity index (χ2v) is 4.02. The van der Waals surface area contributed by atoms with Crippen LogP contribution >= 0.6 is 22.6 Å². The molecule has 0 atom stereocenters. The molecule has 1 amide bonds. The molecule has 0 unspecified atom stereocenters. The van der Waals surface area contributed by atoms with E-state index in [1.807, 2.05) is 0 Å². The van der Waals surface area contributed by atoms with Crippen molar-refractivity contribution in [2.45, 2.75) is 6.92 Å². The Kier molecular flexibility index (Phi) is 4.19. The first-order valence-electron chi connectivity index (χ1n) is 4.29. The zero-order chi connectivity index (χ0) is 10.6. The first-order valence-corrected chi connectivity index (χ1v) is 5.81. The van der Waals surface area contributed by atoms with E-state index in [0.717, 1.165) is 9.99 Å². The first-order chi connectivity index (χ1) is 6.65. The van der Waals surface area contributed by atoms with Crippen LogP contribution in [0.3, 0.4) is 0 Å². The van der Waals surface area contributed by atoms with Crippen molar-refractivity contribution < 1.29 is 9.90 Å². The Morgan fingerprint density at radius 1 is 1.57 bits per heavy atom. The third-order valence-electron chi connectivity index (χ3n) is 1.83.